The first-order valence-electron chi connectivity index (χ1n) is 18.1. The van der Waals surface area contributed by atoms with Gasteiger partial charge in [0.1, 0.15) is 11.5 Å². The lowest BCUT2D eigenvalue weighted by Crippen LogP contribution is -2.46. The molecule has 1 unspecified atom stereocenters. The minimum atomic E-state index is -0.508. The summed E-state index contributed by atoms with van der Waals surface area (Å²) in [5, 5.41) is 0. The first-order valence-corrected chi connectivity index (χ1v) is 18.1. The Hall–Kier alpha value is -5.16. The van der Waals surface area contributed by atoms with Gasteiger partial charge in [-0.05, 0) is 98.3 Å². The maximum atomic E-state index is 14.6. The van der Waals surface area contributed by atoms with Crippen molar-refractivity contribution in [1.29, 1.82) is 0 Å². The second-order valence-corrected chi connectivity index (χ2v) is 13.9. The minimum Gasteiger partial charge on any atom is -0.497 e. The lowest BCUT2D eigenvalue weighted by Gasteiger charge is -2.39. The third kappa shape index (κ3) is 7.41. The zero-order valence-corrected chi connectivity index (χ0v) is 30.6. The number of hydrogen-bond acceptors (Lipinski definition) is 9. The van der Waals surface area contributed by atoms with Crippen molar-refractivity contribution in [2.75, 3.05) is 59.5 Å². The molecule has 2 aliphatic heterocycles. The summed E-state index contributed by atoms with van der Waals surface area (Å²) >= 11 is 0. The number of anilines is 1. The topological polar surface area (TPSA) is 106 Å². The van der Waals surface area contributed by atoms with Gasteiger partial charge >= 0.3 is 0 Å². The summed E-state index contributed by atoms with van der Waals surface area (Å²) < 4.78 is 27.9. The molecule has 11 nitrogen and oxygen atoms in total. The van der Waals surface area contributed by atoms with E-state index in [1.165, 1.54) is 0 Å². The number of furan rings is 1. The van der Waals surface area contributed by atoms with E-state index in [4.69, 9.17) is 28.3 Å². The lowest BCUT2D eigenvalue weighted by molar-refractivity contribution is -0.137. The summed E-state index contributed by atoms with van der Waals surface area (Å²) in [4.78, 5) is 30.0. The summed E-state index contributed by atoms with van der Waals surface area (Å²) in [6.07, 6.45) is 5.97. The Labute approximate surface area is 305 Å². The van der Waals surface area contributed by atoms with Gasteiger partial charge in [0.05, 0.1) is 57.7 Å². The number of benzene rings is 3. The normalized spacial score (nSPS) is 18.2. The molecule has 1 atom stereocenters. The third-order valence-electron chi connectivity index (χ3n) is 10.9. The second-order valence-electron chi connectivity index (χ2n) is 13.9. The molecule has 4 heterocycles. The molecule has 2 saturated heterocycles. The summed E-state index contributed by atoms with van der Waals surface area (Å²) in [5.41, 5.74) is 3.56. The number of aromatic amines is 1. The summed E-state index contributed by atoms with van der Waals surface area (Å²) in [5.74, 6) is 4.50. The number of ether oxygens (including phenoxy) is 4. The maximum absolute atomic E-state index is 14.6. The smallest absolute Gasteiger partial charge is 0.229 e. The van der Waals surface area contributed by atoms with E-state index in [-0.39, 0.29) is 5.91 Å². The highest BCUT2D eigenvalue weighted by Gasteiger charge is 2.46. The molecule has 7 rings (SSSR count). The quantitative estimate of drug-likeness (QED) is 0.127. The van der Waals surface area contributed by atoms with E-state index >= 15 is 0 Å². The summed E-state index contributed by atoms with van der Waals surface area (Å²) in [6.45, 7) is 4.56. The number of imidazole rings is 1. The van der Waals surface area contributed by atoms with E-state index < -0.39 is 5.41 Å². The number of H-pyrrole nitrogens is 1. The van der Waals surface area contributed by atoms with E-state index in [0.29, 0.717) is 49.3 Å². The van der Waals surface area contributed by atoms with Gasteiger partial charge in [0, 0.05) is 32.2 Å². The van der Waals surface area contributed by atoms with Crippen LogP contribution in [0.25, 0.3) is 11.0 Å². The number of methoxy groups -OCH3 is 4. The molecule has 52 heavy (non-hydrogen) atoms. The van der Waals surface area contributed by atoms with Gasteiger partial charge in [-0.1, -0.05) is 24.3 Å². The van der Waals surface area contributed by atoms with Crippen LogP contribution in [-0.2, 0) is 24.3 Å². The molecule has 0 saturated carbocycles. The van der Waals surface area contributed by atoms with Crippen molar-refractivity contribution in [2.24, 2.45) is 5.41 Å². The van der Waals surface area contributed by atoms with Crippen LogP contribution in [0.3, 0.4) is 0 Å². The van der Waals surface area contributed by atoms with Crippen LogP contribution in [-0.4, -0.2) is 86.3 Å². The van der Waals surface area contributed by atoms with Crippen LogP contribution >= 0.6 is 0 Å². The maximum Gasteiger partial charge on any atom is 0.229 e. The fraction of sp³-hybridized carbons (Fsp3) is 0.415. The van der Waals surface area contributed by atoms with Gasteiger partial charge in [-0.15, -0.1) is 0 Å². The average molecular weight is 708 g/mol. The molecule has 0 aliphatic carbocycles. The number of para-hydroxylation sites is 2. The van der Waals surface area contributed by atoms with Crippen molar-refractivity contribution in [3.8, 4) is 23.0 Å². The van der Waals surface area contributed by atoms with Crippen LogP contribution in [0.1, 0.15) is 42.6 Å². The Kier molecular flexibility index (Phi) is 10.6. The number of aromatic nitrogens is 2. The second kappa shape index (κ2) is 15.6. The van der Waals surface area contributed by atoms with Crippen LogP contribution in [0.15, 0.2) is 83.5 Å². The van der Waals surface area contributed by atoms with Crippen molar-refractivity contribution in [1.82, 2.24) is 19.8 Å². The van der Waals surface area contributed by atoms with Crippen LogP contribution in [0, 0.1) is 5.41 Å². The number of piperidine rings is 1. The summed E-state index contributed by atoms with van der Waals surface area (Å²) in [6, 6.07) is 24.4. The monoisotopic (exact) mass is 707 g/mol. The lowest BCUT2D eigenvalue weighted by atomic mass is 9.77. The first kappa shape index (κ1) is 35.3. The number of carbonyl (C=O) groups is 1. The number of nitrogens with one attached hydrogen (secondary N) is 1. The van der Waals surface area contributed by atoms with Crippen molar-refractivity contribution < 1.29 is 28.2 Å². The van der Waals surface area contributed by atoms with Gasteiger partial charge in [-0.2, -0.15) is 0 Å². The van der Waals surface area contributed by atoms with E-state index in [9.17, 15) is 4.79 Å². The van der Waals surface area contributed by atoms with Crippen molar-refractivity contribution in [3.05, 3.63) is 95.9 Å². The van der Waals surface area contributed by atoms with Crippen LogP contribution in [0.4, 0.5) is 5.95 Å². The molecule has 1 amide bonds. The zero-order chi connectivity index (χ0) is 36.1. The van der Waals surface area contributed by atoms with E-state index in [2.05, 4.69) is 33.0 Å². The number of carbonyl (C=O) groups excluding carboxylic acids is 1. The molecule has 0 radical (unpaired) electrons. The highest BCUT2D eigenvalue weighted by atomic mass is 16.5. The highest BCUT2D eigenvalue weighted by Crippen LogP contribution is 2.42. The van der Waals surface area contributed by atoms with Crippen LogP contribution in [0.2, 0.25) is 0 Å². The molecule has 1 N–H and O–H groups in total. The Morgan fingerprint density at radius 1 is 0.885 bits per heavy atom. The van der Waals surface area contributed by atoms with Crippen molar-refractivity contribution >= 4 is 22.9 Å². The molecule has 2 aliphatic rings. The Morgan fingerprint density at radius 3 is 2.29 bits per heavy atom. The molecule has 2 fully saturated rings. The van der Waals surface area contributed by atoms with E-state index in [0.717, 1.165) is 84.9 Å². The van der Waals surface area contributed by atoms with E-state index in [1.54, 1.807) is 34.7 Å². The van der Waals surface area contributed by atoms with Crippen molar-refractivity contribution in [3.63, 3.8) is 0 Å². The zero-order valence-electron chi connectivity index (χ0n) is 30.6. The number of rotatable bonds is 15. The van der Waals surface area contributed by atoms with E-state index in [1.807, 2.05) is 59.5 Å². The van der Waals surface area contributed by atoms with Crippen LogP contribution < -0.4 is 23.8 Å². The van der Waals surface area contributed by atoms with Gasteiger partial charge in [0.15, 0.2) is 11.5 Å². The van der Waals surface area contributed by atoms with Gasteiger partial charge in [0.25, 0.3) is 0 Å². The minimum absolute atomic E-state index is 0.196. The molecule has 5 aromatic rings. The number of fused-ring (bicyclic) bond motifs is 1. The number of likely N-dealkylation sites (tertiary alicyclic amines) is 2. The van der Waals surface area contributed by atoms with Crippen LogP contribution in [0.5, 0.6) is 23.0 Å². The molecule has 3 aromatic carbocycles. The average Bonchev–Trinajstić information content (AvgIpc) is 3.93. The van der Waals surface area contributed by atoms with Gasteiger partial charge in [-0.25, -0.2) is 4.98 Å². The molecular formula is C41H49N5O6. The SMILES string of the molecule is COc1ccc(CC2(CCN3CCC(N(Cc4ccco4)c4nc5ccccc5[nH]4)CC3)CCN(Cc3cc(OC)c(OC)c(OC)c3)C2=O)cc1. The molecule has 0 spiro atoms. The molecule has 11 heteroatoms. The molecular weight excluding hydrogens is 658 g/mol. The number of hydrogen-bond donors (Lipinski definition) is 1. The predicted octanol–water partition coefficient (Wildman–Crippen LogP) is 6.71. The Morgan fingerprint density at radius 2 is 1.63 bits per heavy atom. The standard InChI is InChI=1S/C41H49N5O6/c1-48-32-13-11-29(12-14-32)26-41(18-22-45(39(41)47)27-30-24-36(49-2)38(51-4)37(25-30)50-3)17-21-44-19-15-31(16-20-44)46(28-33-8-7-23-52-33)40-42-34-9-5-6-10-35(34)43-40/h5-14,23-25,31H,15-22,26-28H2,1-4H3,(H,42,43). The largest absolute Gasteiger partial charge is 0.497 e. The molecule has 0 bridgehead atoms. The summed E-state index contributed by atoms with van der Waals surface area (Å²) in [7, 11) is 6.49. The predicted molar refractivity (Wildman–Crippen MR) is 200 cm³/mol. The van der Waals surface area contributed by atoms with Crippen molar-refractivity contribution in [2.45, 2.75) is 51.2 Å². The van der Waals surface area contributed by atoms with Gasteiger partial charge in [0.2, 0.25) is 17.6 Å². The molecule has 2 aromatic heterocycles. The van der Waals surface area contributed by atoms with Gasteiger partial charge < -0.3 is 43.0 Å². The third-order valence-corrected chi connectivity index (χ3v) is 10.9. The fourth-order valence-electron chi connectivity index (χ4n) is 7.96. The number of nitrogens with zero attached hydrogens (tertiary/aromatic N) is 4. The molecule has 274 valence electrons. The Balaban J connectivity index is 1.06. The highest BCUT2D eigenvalue weighted by molar-refractivity contribution is 5.85. The number of amides is 1. The fourth-order valence-corrected chi connectivity index (χ4v) is 7.96. The Bertz CT molecular complexity index is 1880. The van der Waals surface area contributed by atoms with Gasteiger partial charge in [-0.3, -0.25) is 4.79 Å². The first-order chi connectivity index (χ1) is 25.4.